The van der Waals surface area contributed by atoms with Crippen LogP contribution in [-0.2, 0) is 19.0 Å². The van der Waals surface area contributed by atoms with Gasteiger partial charge in [-0.1, -0.05) is 35.9 Å². The molecule has 3 atom stereocenters. The van der Waals surface area contributed by atoms with Crippen molar-refractivity contribution in [2.24, 2.45) is 5.92 Å². The van der Waals surface area contributed by atoms with E-state index in [9.17, 15) is 9.59 Å². The summed E-state index contributed by atoms with van der Waals surface area (Å²) in [6, 6.07) is 16.9. The lowest BCUT2D eigenvalue weighted by Crippen LogP contribution is -2.40. The number of allylic oxidation sites excluding steroid dienone is 2. The fourth-order valence-corrected chi connectivity index (χ4v) is 7.25. The molecule has 1 amide bonds. The standard InChI is InChI=1S/C36H36BrClN2O6/c1-22-29(30-19-27(43-2)10-12-31(30)40(22)36(42)23-4-8-26(38)9-5-23)20-34(41)46-17-15-39-14-16-45-33(21-39)25-6-11-28-24(18-25)7-13-32(44-3)35(28)37/h4-13,18-19,30-31,33H,14-17,20-21H2,1-3H3. The summed E-state index contributed by atoms with van der Waals surface area (Å²) < 4.78 is 23.7. The van der Waals surface area contributed by atoms with E-state index in [1.165, 1.54) is 0 Å². The van der Waals surface area contributed by atoms with Gasteiger partial charge in [0.15, 0.2) is 0 Å². The van der Waals surface area contributed by atoms with Crippen LogP contribution in [0.3, 0.4) is 0 Å². The van der Waals surface area contributed by atoms with Crippen LogP contribution < -0.4 is 4.74 Å². The molecule has 0 N–H and O–H groups in total. The SMILES string of the molecule is COC1=CC2C(CC(=O)OCCN3CCOC(c4ccc5c(Br)c(OC)ccc5c4)C3)=C(C)N(C(=O)c3ccc(Cl)cc3)C2C=C1. The summed E-state index contributed by atoms with van der Waals surface area (Å²) in [6.07, 6.45) is 5.80. The third-order valence-electron chi connectivity index (χ3n) is 8.93. The average Bonchev–Trinajstić information content (AvgIpc) is 3.34. The molecule has 0 bridgehead atoms. The summed E-state index contributed by atoms with van der Waals surface area (Å²) >= 11 is 9.70. The Morgan fingerprint density at radius 3 is 2.63 bits per heavy atom. The highest BCUT2D eigenvalue weighted by Crippen LogP contribution is 2.41. The molecule has 0 saturated carbocycles. The fraction of sp³-hybridized carbons (Fsp3) is 0.333. The number of esters is 1. The van der Waals surface area contributed by atoms with Crippen LogP contribution in [0.2, 0.25) is 5.02 Å². The van der Waals surface area contributed by atoms with Crippen molar-refractivity contribution in [1.82, 2.24) is 9.80 Å². The van der Waals surface area contributed by atoms with Crippen molar-refractivity contribution in [3.63, 3.8) is 0 Å². The highest BCUT2D eigenvalue weighted by atomic mass is 79.9. The molecular formula is C36H36BrClN2O6. The van der Waals surface area contributed by atoms with Crippen molar-refractivity contribution in [1.29, 1.82) is 0 Å². The molecule has 0 radical (unpaired) electrons. The van der Waals surface area contributed by atoms with E-state index < -0.39 is 0 Å². The molecular weight excluding hydrogens is 672 g/mol. The largest absolute Gasteiger partial charge is 0.497 e. The van der Waals surface area contributed by atoms with Crippen molar-refractivity contribution >= 4 is 50.2 Å². The second-order valence-electron chi connectivity index (χ2n) is 11.6. The zero-order valence-corrected chi connectivity index (χ0v) is 28.3. The summed E-state index contributed by atoms with van der Waals surface area (Å²) in [5, 5.41) is 2.75. The molecule has 1 fully saturated rings. The molecule has 0 aromatic heterocycles. The molecule has 3 aromatic rings. The van der Waals surface area contributed by atoms with Crippen molar-refractivity contribution < 1.29 is 28.5 Å². The predicted octanol–water partition coefficient (Wildman–Crippen LogP) is 7.09. The molecule has 240 valence electrons. The number of hydrogen-bond acceptors (Lipinski definition) is 7. The predicted molar refractivity (Wildman–Crippen MR) is 181 cm³/mol. The Kier molecular flexibility index (Phi) is 9.84. The van der Waals surface area contributed by atoms with Gasteiger partial charge < -0.3 is 23.8 Å². The van der Waals surface area contributed by atoms with E-state index in [1.54, 1.807) is 43.4 Å². The quantitative estimate of drug-likeness (QED) is 0.220. The number of halogens is 2. The number of nitrogens with zero attached hydrogens (tertiary/aromatic N) is 2. The maximum atomic E-state index is 13.6. The number of benzene rings is 3. The monoisotopic (exact) mass is 706 g/mol. The first-order valence-corrected chi connectivity index (χ1v) is 16.4. The maximum Gasteiger partial charge on any atom is 0.310 e. The lowest BCUT2D eigenvalue weighted by molar-refractivity contribution is -0.143. The van der Waals surface area contributed by atoms with Crippen molar-refractivity contribution in [3.8, 4) is 5.75 Å². The van der Waals surface area contributed by atoms with Crippen LogP contribution in [0.5, 0.6) is 5.75 Å². The number of carbonyl (C=O) groups is 2. The minimum Gasteiger partial charge on any atom is -0.497 e. The number of rotatable bonds is 9. The maximum absolute atomic E-state index is 13.6. The first kappa shape index (κ1) is 32.3. The molecule has 2 heterocycles. The highest BCUT2D eigenvalue weighted by molar-refractivity contribution is 9.10. The topological polar surface area (TPSA) is 77.5 Å². The van der Waals surface area contributed by atoms with Crippen LogP contribution >= 0.6 is 27.5 Å². The molecule has 0 spiro atoms. The second kappa shape index (κ2) is 14.0. The van der Waals surface area contributed by atoms with Gasteiger partial charge in [0.2, 0.25) is 0 Å². The summed E-state index contributed by atoms with van der Waals surface area (Å²) in [5.74, 6) is 0.835. The van der Waals surface area contributed by atoms with Crippen LogP contribution in [0, 0.1) is 5.92 Å². The molecule has 3 aliphatic rings. The smallest absolute Gasteiger partial charge is 0.310 e. The normalized spacial score (nSPS) is 21.3. The Hall–Kier alpha value is -3.63. The van der Waals surface area contributed by atoms with E-state index >= 15 is 0 Å². The van der Waals surface area contributed by atoms with Gasteiger partial charge in [0.05, 0.1) is 43.9 Å². The zero-order chi connectivity index (χ0) is 32.4. The van der Waals surface area contributed by atoms with Crippen LogP contribution in [0.15, 0.2) is 94.3 Å². The number of hydrogen-bond donors (Lipinski definition) is 0. The Labute approximate surface area is 282 Å². The van der Waals surface area contributed by atoms with Gasteiger partial charge in [-0.2, -0.15) is 0 Å². The van der Waals surface area contributed by atoms with Crippen LogP contribution in [0.1, 0.15) is 35.4 Å². The van der Waals surface area contributed by atoms with Crippen molar-refractivity contribution in [3.05, 3.63) is 110 Å². The van der Waals surface area contributed by atoms with E-state index in [-0.39, 0.29) is 43.0 Å². The number of ether oxygens (including phenoxy) is 4. The van der Waals surface area contributed by atoms with E-state index in [0.29, 0.717) is 36.0 Å². The second-order valence-corrected chi connectivity index (χ2v) is 12.8. The molecule has 3 aromatic carbocycles. The molecule has 1 aliphatic carbocycles. The fourth-order valence-electron chi connectivity index (χ4n) is 6.47. The third-order valence-corrected chi connectivity index (χ3v) is 10.0. The van der Waals surface area contributed by atoms with Gasteiger partial charge in [0.25, 0.3) is 5.91 Å². The first-order valence-electron chi connectivity index (χ1n) is 15.3. The van der Waals surface area contributed by atoms with Crippen LogP contribution in [0.25, 0.3) is 10.8 Å². The Morgan fingerprint density at radius 2 is 1.87 bits per heavy atom. The number of fused-ring (bicyclic) bond motifs is 2. The lowest BCUT2D eigenvalue weighted by atomic mass is 9.88. The number of amides is 1. The van der Waals surface area contributed by atoms with Gasteiger partial charge in [-0.15, -0.1) is 0 Å². The molecule has 6 rings (SSSR count). The van der Waals surface area contributed by atoms with Gasteiger partial charge in [0.1, 0.15) is 18.1 Å². The van der Waals surface area contributed by atoms with Gasteiger partial charge in [-0.3, -0.25) is 14.5 Å². The van der Waals surface area contributed by atoms with Gasteiger partial charge in [0, 0.05) is 41.8 Å². The van der Waals surface area contributed by atoms with E-state index in [0.717, 1.165) is 44.4 Å². The van der Waals surface area contributed by atoms with Crippen LogP contribution in [-0.4, -0.2) is 74.8 Å². The first-order chi connectivity index (χ1) is 22.3. The Balaban J connectivity index is 1.08. The Bertz CT molecular complexity index is 1740. The summed E-state index contributed by atoms with van der Waals surface area (Å²) in [5.41, 5.74) is 3.24. The zero-order valence-electron chi connectivity index (χ0n) is 26.0. The third kappa shape index (κ3) is 6.60. The highest BCUT2D eigenvalue weighted by Gasteiger charge is 2.42. The number of morpholine rings is 1. The molecule has 3 unspecified atom stereocenters. The molecule has 8 nitrogen and oxygen atoms in total. The summed E-state index contributed by atoms with van der Waals surface area (Å²) in [7, 11) is 3.27. The lowest BCUT2D eigenvalue weighted by Gasteiger charge is -2.33. The van der Waals surface area contributed by atoms with Crippen LogP contribution in [0.4, 0.5) is 0 Å². The van der Waals surface area contributed by atoms with Gasteiger partial charge in [-0.25, -0.2) is 0 Å². The van der Waals surface area contributed by atoms with E-state index in [4.69, 9.17) is 30.5 Å². The number of carbonyl (C=O) groups excluding carboxylic acids is 2. The van der Waals surface area contributed by atoms with Crippen molar-refractivity contribution in [2.75, 3.05) is 47.1 Å². The minimum absolute atomic E-state index is 0.0803. The van der Waals surface area contributed by atoms with E-state index in [2.05, 4.69) is 45.1 Å². The Morgan fingerprint density at radius 1 is 1.07 bits per heavy atom. The van der Waals surface area contributed by atoms with Gasteiger partial charge >= 0.3 is 5.97 Å². The van der Waals surface area contributed by atoms with Crippen molar-refractivity contribution in [2.45, 2.75) is 25.5 Å². The average molecular weight is 708 g/mol. The minimum atomic E-state index is -0.323. The van der Waals surface area contributed by atoms with Gasteiger partial charge in [-0.05, 0) is 93.3 Å². The summed E-state index contributed by atoms with van der Waals surface area (Å²) in [4.78, 5) is 30.8. The molecule has 1 saturated heterocycles. The molecule has 10 heteroatoms. The summed E-state index contributed by atoms with van der Waals surface area (Å²) in [6.45, 7) is 4.81. The molecule has 46 heavy (non-hydrogen) atoms. The van der Waals surface area contributed by atoms with E-state index in [1.807, 2.05) is 31.2 Å². The molecule has 2 aliphatic heterocycles. The number of methoxy groups -OCH3 is 2.